The number of rotatable bonds is 9. The van der Waals surface area contributed by atoms with Crippen LogP contribution in [0, 0.1) is 6.92 Å². The normalized spacial score (nSPS) is 12.3. The standard InChI is InChI=1S/C33H32N4O4/c1-4-5-10-29-34-21(2)30(25-15-16-28-24(19-25)17-18-40-28)32(38)37(29)20-22-11-13-23(14-12-22)26-8-6-7-9-27(26)31-35-33(39-3)41-36-31/h6-9,11-16,19H,4-5,10,17-18,20H2,1-3H3. The molecule has 41 heavy (non-hydrogen) atoms. The molecule has 6 rings (SSSR count). The van der Waals surface area contributed by atoms with Crippen molar-refractivity contribution in [3.63, 3.8) is 0 Å². The van der Waals surface area contributed by atoms with Gasteiger partial charge in [-0.15, -0.1) is 0 Å². The zero-order valence-electron chi connectivity index (χ0n) is 23.5. The summed E-state index contributed by atoms with van der Waals surface area (Å²) in [5.74, 6) is 2.19. The lowest BCUT2D eigenvalue weighted by atomic mass is 9.98. The van der Waals surface area contributed by atoms with E-state index < -0.39 is 0 Å². The lowest BCUT2D eigenvalue weighted by Crippen LogP contribution is -2.28. The first-order valence-electron chi connectivity index (χ1n) is 14.0. The van der Waals surface area contributed by atoms with Gasteiger partial charge in [0.2, 0.25) is 5.82 Å². The molecular formula is C33H32N4O4. The highest BCUT2D eigenvalue weighted by atomic mass is 16.6. The Balaban J connectivity index is 1.35. The van der Waals surface area contributed by atoms with Crippen molar-refractivity contribution < 1.29 is 14.0 Å². The van der Waals surface area contributed by atoms with Gasteiger partial charge in [-0.2, -0.15) is 4.98 Å². The van der Waals surface area contributed by atoms with Gasteiger partial charge in [-0.1, -0.05) is 73.1 Å². The van der Waals surface area contributed by atoms with Crippen LogP contribution in [0.4, 0.5) is 0 Å². The number of fused-ring (bicyclic) bond motifs is 1. The third-order valence-corrected chi connectivity index (χ3v) is 7.52. The van der Waals surface area contributed by atoms with Gasteiger partial charge in [0.15, 0.2) is 0 Å². The molecule has 0 unspecified atom stereocenters. The second-order valence-corrected chi connectivity index (χ2v) is 10.2. The zero-order chi connectivity index (χ0) is 28.3. The van der Waals surface area contributed by atoms with Crippen LogP contribution in [0.15, 0.2) is 76.0 Å². The Hall–Kier alpha value is -4.72. The van der Waals surface area contributed by atoms with E-state index in [1.807, 2.05) is 47.9 Å². The molecule has 0 amide bonds. The third kappa shape index (κ3) is 5.25. The van der Waals surface area contributed by atoms with Crippen LogP contribution >= 0.6 is 0 Å². The summed E-state index contributed by atoms with van der Waals surface area (Å²) in [5.41, 5.74) is 7.29. The maximum absolute atomic E-state index is 14.1. The number of methoxy groups -OCH3 is 1. The summed E-state index contributed by atoms with van der Waals surface area (Å²) in [6.07, 6.45) is 3.73. The van der Waals surface area contributed by atoms with Crippen molar-refractivity contribution in [2.45, 2.75) is 46.1 Å². The molecule has 5 aromatic rings. The molecule has 8 heteroatoms. The van der Waals surface area contributed by atoms with E-state index in [0.29, 0.717) is 24.5 Å². The largest absolute Gasteiger partial charge is 0.493 e. The van der Waals surface area contributed by atoms with Gasteiger partial charge < -0.3 is 9.47 Å². The average molecular weight is 549 g/mol. The summed E-state index contributed by atoms with van der Waals surface area (Å²) < 4.78 is 17.7. The van der Waals surface area contributed by atoms with Crippen molar-refractivity contribution >= 4 is 0 Å². The number of aryl methyl sites for hydroxylation is 2. The molecule has 1 aliphatic heterocycles. The van der Waals surface area contributed by atoms with Crippen molar-refractivity contribution in [3.8, 4) is 45.5 Å². The Morgan fingerprint density at radius 2 is 1.76 bits per heavy atom. The summed E-state index contributed by atoms with van der Waals surface area (Å²) in [6.45, 7) is 5.21. The fourth-order valence-electron chi connectivity index (χ4n) is 5.38. The molecule has 0 aliphatic carbocycles. The van der Waals surface area contributed by atoms with Crippen LogP contribution in [0.1, 0.15) is 42.4 Å². The molecule has 0 saturated heterocycles. The minimum absolute atomic E-state index is 0.0112. The molecule has 0 radical (unpaired) electrons. The third-order valence-electron chi connectivity index (χ3n) is 7.52. The van der Waals surface area contributed by atoms with Crippen LogP contribution in [0.3, 0.4) is 0 Å². The van der Waals surface area contributed by atoms with Gasteiger partial charge in [0.25, 0.3) is 5.56 Å². The highest BCUT2D eigenvalue weighted by Crippen LogP contribution is 2.32. The predicted molar refractivity (Wildman–Crippen MR) is 157 cm³/mol. The molecule has 0 spiro atoms. The van der Waals surface area contributed by atoms with E-state index in [2.05, 4.69) is 47.4 Å². The summed E-state index contributed by atoms with van der Waals surface area (Å²) in [4.78, 5) is 23.3. The van der Waals surface area contributed by atoms with E-state index in [9.17, 15) is 4.79 Å². The van der Waals surface area contributed by atoms with Crippen molar-refractivity contribution in [1.82, 2.24) is 19.7 Å². The minimum Gasteiger partial charge on any atom is -0.493 e. The van der Waals surface area contributed by atoms with Gasteiger partial charge >= 0.3 is 6.08 Å². The van der Waals surface area contributed by atoms with E-state index in [1.165, 1.54) is 7.11 Å². The number of nitrogens with zero attached hydrogens (tertiary/aromatic N) is 4. The molecule has 0 fully saturated rings. The Morgan fingerprint density at radius 3 is 2.51 bits per heavy atom. The number of hydrogen-bond donors (Lipinski definition) is 0. The van der Waals surface area contributed by atoms with Crippen LogP contribution in [-0.2, 0) is 19.4 Å². The SMILES string of the molecule is CCCCc1nc(C)c(-c2ccc3c(c2)CCO3)c(=O)n1Cc1ccc(-c2ccccc2-c2noc(OC)n2)cc1. The summed E-state index contributed by atoms with van der Waals surface area (Å²) in [7, 11) is 1.49. The van der Waals surface area contributed by atoms with Crippen LogP contribution < -0.4 is 15.0 Å². The monoisotopic (exact) mass is 548 g/mol. The van der Waals surface area contributed by atoms with Crippen molar-refractivity contribution in [1.29, 1.82) is 0 Å². The number of unbranched alkanes of at least 4 members (excludes halogenated alkanes) is 1. The molecule has 2 aromatic heterocycles. The molecule has 3 heterocycles. The van der Waals surface area contributed by atoms with Crippen LogP contribution in [0.2, 0.25) is 0 Å². The second kappa shape index (κ2) is 11.4. The summed E-state index contributed by atoms with van der Waals surface area (Å²) in [6, 6.07) is 22.2. The van der Waals surface area contributed by atoms with Crippen LogP contribution in [0.25, 0.3) is 33.6 Å². The second-order valence-electron chi connectivity index (χ2n) is 10.2. The number of benzene rings is 3. The van der Waals surface area contributed by atoms with Gasteiger partial charge in [-0.3, -0.25) is 13.9 Å². The van der Waals surface area contributed by atoms with Crippen molar-refractivity contribution in [3.05, 3.63) is 99.7 Å². The van der Waals surface area contributed by atoms with E-state index in [0.717, 1.165) is 76.3 Å². The lowest BCUT2D eigenvalue weighted by Gasteiger charge is -2.17. The molecule has 3 aromatic carbocycles. The minimum atomic E-state index is -0.0112. The Kier molecular flexibility index (Phi) is 7.37. The molecule has 0 atom stereocenters. The molecule has 8 nitrogen and oxygen atoms in total. The highest BCUT2D eigenvalue weighted by molar-refractivity contribution is 5.80. The van der Waals surface area contributed by atoms with Gasteiger partial charge in [-0.05, 0) is 53.3 Å². The Morgan fingerprint density at radius 1 is 0.976 bits per heavy atom. The number of ether oxygens (including phenoxy) is 2. The Bertz CT molecular complexity index is 1750. The fraction of sp³-hybridized carbons (Fsp3) is 0.273. The van der Waals surface area contributed by atoms with E-state index >= 15 is 0 Å². The topological polar surface area (TPSA) is 92.3 Å². The number of aromatic nitrogens is 4. The fourth-order valence-corrected chi connectivity index (χ4v) is 5.38. The molecule has 0 saturated carbocycles. The van der Waals surface area contributed by atoms with Gasteiger partial charge in [0.05, 0.1) is 31.5 Å². The quantitative estimate of drug-likeness (QED) is 0.214. The number of hydrogen-bond acceptors (Lipinski definition) is 7. The maximum Gasteiger partial charge on any atom is 0.417 e. The lowest BCUT2D eigenvalue weighted by molar-refractivity contribution is 0.250. The summed E-state index contributed by atoms with van der Waals surface area (Å²) in [5, 5.41) is 4.06. The summed E-state index contributed by atoms with van der Waals surface area (Å²) >= 11 is 0. The molecule has 1 aliphatic rings. The van der Waals surface area contributed by atoms with Gasteiger partial charge in [0.1, 0.15) is 11.6 Å². The van der Waals surface area contributed by atoms with Crippen LogP contribution in [0.5, 0.6) is 11.8 Å². The van der Waals surface area contributed by atoms with E-state index in [1.54, 1.807) is 0 Å². The maximum atomic E-state index is 14.1. The van der Waals surface area contributed by atoms with Gasteiger partial charge in [-0.25, -0.2) is 4.98 Å². The average Bonchev–Trinajstić information content (AvgIpc) is 3.68. The van der Waals surface area contributed by atoms with Crippen molar-refractivity contribution in [2.75, 3.05) is 13.7 Å². The zero-order valence-corrected chi connectivity index (χ0v) is 23.5. The van der Waals surface area contributed by atoms with E-state index in [4.69, 9.17) is 19.0 Å². The van der Waals surface area contributed by atoms with Gasteiger partial charge in [0, 0.05) is 18.4 Å². The molecule has 0 bridgehead atoms. The predicted octanol–water partition coefficient (Wildman–Crippen LogP) is 6.27. The first-order valence-corrected chi connectivity index (χ1v) is 14.0. The molecule has 0 N–H and O–H groups in total. The highest BCUT2D eigenvalue weighted by Gasteiger charge is 2.20. The first kappa shape index (κ1) is 26.5. The van der Waals surface area contributed by atoms with Crippen molar-refractivity contribution in [2.24, 2.45) is 0 Å². The van der Waals surface area contributed by atoms with Crippen LogP contribution in [-0.4, -0.2) is 33.4 Å². The smallest absolute Gasteiger partial charge is 0.417 e. The van der Waals surface area contributed by atoms with E-state index in [-0.39, 0.29) is 11.6 Å². The molecular weight excluding hydrogens is 516 g/mol. The Labute approximate surface area is 238 Å². The first-order chi connectivity index (χ1) is 20.1. The molecule has 208 valence electrons.